The van der Waals surface area contributed by atoms with Crippen LogP contribution in [0, 0.1) is 0 Å². The summed E-state index contributed by atoms with van der Waals surface area (Å²) >= 11 is 0. The second-order valence-corrected chi connectivity index (χ2v) is 7.75. The molecule has 0 aliphatic carbocycles. The van der Waals surface area contributed by atoms with Crippen molar-refractivity contribution in [1.29, 1.82) is 0 Å². The molecule has 158 valence electrons. The molecule has 2 aromatic rings. The predicted molar refractivity (Wildman–Crippen MR) is 98.2 cm³/mol. The van der Waals surface area contributed by atoms with Crippen LogP contribution in [-0.4, -0.2) is 51.0 Å². The van der Waals surface area contributed by atoms with Gasteiger partial charge in [-0.25, -0.2) is 13.1 Å². The van der Waals surface area contributed by atoms with E-state index < -0.39 is 39.1 Å². The number of nitrogens with one attached hydrogen (secondary N) is 1. The van der Waals surface area contributed by atoms with Crippen molar-refractivity contribution >= 4 is 15.9 Å². The Balaban J connectivity index is 2.09. The number of ether oxygens (including phenoxy) is 1. The number of methoxy groups -OCH3 is 1. The summed E-state index contributed by atoms with van der Waals surface area (Å²) in [6.45, 7) is -0.0698. The summed E-state index contributed by atoms with van der Waals surface area (Å²) in [5, 5.41) is 0. The number of benzene rings is 1. The van der Waals surface area contributed by atoms with Gasteiger partial charge in [-0.1, -0.05) is 12.1 Å². The third kappa shape index (κ3) is 6.80. The highest BCUT2D eigenvalue weighted by Gasteiger charge is 2.31. The Bertz CT molecular complexity index is 921. The molecule has 0 radical (unpaired) electrons. The van der Waals surface area contributed by atoms with Gasteiger partial charge in [-0.2, -0.15) is 13.2 Å². The predicted octanol–water partition coefficient (Wildman–Crippen LogP) is 2.05. The van der Waals surface area contributed by atoms with Gasteiger partial charge in [0.1, 0.15) is 0 Å². The standard InChI is InChI=1S/C18H20F3N3O4S/c1-28-10-9-24(13-15-6-2-3-8-22-15)17(25)12-23-29(26,27)16-7-4-5-14(11-16)18(19,20)21/h2-8,11,23H,9-10,12-13H2,1H3. The van der Waals surface area contributed by atoms with Crippen LogP contribution >= 0.6 is 0 Å². The lowest BCUT2D eigenvalue weighted by Crippen LogP contribution is -2.41. The lowest BCUT2D eigenvalue weighted by atomic mass is 10.2. The van der Waals surface area contributed by atoms with E-state index in [1.807, 2.05) is 4.72 Å². The number of hydrogen-bond donors (Lipinski definition) is 1. The molecule has 0 saturated carbocycles. The van der Waals surface area contributed by atoms with E-state index in [4.69, 9.17) is 4.74 Å². The van der Waals surface area contributed by atoms with E-state index in [2.05, 4.69) is 4.98 Å². The van der Waals surface area contributed by atoms with Crippen LogP contribution in [0.15, 0.2) is 53.6 Å². The van der Waals surface area contributed by atoms with E-state index in [-0.39, 0.29) is 19.7 Å². The van der Waals surface area contributed by atoms with Crippen molar-refractivity contribution in [2.45, 2.75) is 17.6 Å². The fourth-order valence-electron chi connectivity index (χ4n) is 2.37. The number of halogens is 3. The van der Waals surface area contributed by atoms with Crippen LogP contribution < -0.4 is 4.72 Å². The minimum absolute atomic E-state index is 0.133. The Morgan fingerprint density at radius 3 is 2.59 bits per heavy atom. The molecular formula is C18H20F3N3O4S. The van der Waals surface area contributed by atoms with Gasteiger partial charge in [0, 0.05) is 19.9 Å². The topological polar surface area (TPSA) is 88.6 Å². The normalized spacial score (nSPS) is 12.0. The molecule has 1 aromatic carbocycles. The van der Waals surface area contributed by atoms with Crippen LogP contribution in [0.25, 0.3) is 0 Å². The third-order valence-electron chi connectivity index (χ3n) is 3.88. The van der Waals surface area contributed by atoms with Crippen molar-refractivity contribution < 1.29 is 31.1 Å². The number of sulfonamides is 1. The Morgan fingerprint density at radius 1 is 1.21 bits per heavy atom. The fourth-order valence-corrected chi connectivity index (χ4v) is 3.39. The molecule has 7 nitrogen and oxygen atoms in total. The molecule has 2 rings (SSSR count). The first-order valence-corrected chi connectivity index (χ1v) is 9.95. The average Bonchev–Trinajstić information content (AvgIpc) is 2.69. The Labute approximate surface area is 166 Å². The van der Waals surface area contributed by atoms with Crippen molar-refractivity contribution in [3.63, 3.8) is 0 Å². The lowest BCUT2D eigenvalue weighted by Gasteiger charge is -2.22. The molecule has 0 atom stereocenters. The maximum atomic E-state index is 12.8. The van der Waals surface area contributed by atoms with Crippen LogP contribution in [0.2, 0.25) is 0 Å². The zero-order valence-corrected chi connectivity index (χ0v) is 16.3. The number of hydrogen-bond acceptors (Lipinski definition) is 5. The highest BCUT2D eigenvalue weighted by atomic mass is 32.2. The molecule has 1 heterocycles. The first kappa shape index (κ1) is 22.8. The number of carbonyl (C=O) groups excluding carboxylic acids is 1. The molecule has 1 amide bonds. The van der Waals surface area contributed by atoms with E-state index in [9.17, 15) is 26.4 Å². The number of pyridine rings is 1. The Hall–Kier alpha value is -2.50. The van der Waals surface area contributed by atoms with Gasteiger partial charge in [0.2, 0.25) is 15.9 Å². The summed E-state index contributed by atoms with van der Waals surface area (Å²) in [5.74, 6) is -0.566. The molecule has 1 N–H and O–H groups in total. The quantitative estimate of drug-likeness (QED) is 0.657. The molecule has 0 fully saturated rings. The van der Waals surface area contributed by atoms with Crippen molar-refractivity contribution in [2.24, 2.45) is 0 Å². The van der Waals surface area contributed by atoms with Gasteiger partial charge >= 0.3 is 6.18 Å². The van der Waals surface area contributed by atoms with E-state index in [0.29, 0.717) is 11.8 Å². The van der Waals surface area contributed by atoms with Gasteiger partial charge in [0.25, 0.3) is 0 Å². The second kappa shape index (κ2) is 9.81. The summed E-state index contributed by atoms with van der Waals surface area (Å²) in [6, 6.07) is 8.47. The van der Waals surface area contributed by atoms with Gasteiger partial charge in [0.05, 0.1) is 35.8 Å². The first-order chi connectivity index (χ1) is 13.6. The monoisotopic (exact) mass is 431 g/mol. The average molecular weight is 431 g/mol. The van der Waals surface area contributed by atoms with Crippen LogP contribution in [-0.2, 0) is 32.3 Å². The summed E-state index contributed by atoms with van der Waals surface area (Å²) in [7, 11) is -2.85. The summed E-state index contributed by atoms with van der Waals surface area (Å²) in [4.78, 5) is 17.4. The molecular weight excluding hydrogens is 411 g/mol. The van der Waals surface area contributed by atoms with Crippen LogP contribution in [0.4, 0.5) is 13.2 Å². The van der Waals surface area contributed by atoms with Crippen molar-refractivity contribution in [3.05, 3.63) is 59.9 Å². The molecule has 0 aliphatic rings. The maximum absolute atomic E-state index is 12.8. The number of carbonyl (C=O) groups is 1. The highest BCUT2D eigenvalue weighted by Crippen LogP contribution is 2.30. The van der Waals surface area contributed by atoms with Gasteiger partial charge in [0.15, 0.2) is 0 Å². The lowest BCUT2D eigenvalue weighted by molar-refractivity contribution is -0.137. The number of rotatable bonds is 9. The van der Waals surface area contributed by atoms with Gasteiger partial charge in [-0.3, -0.25) is 9.78 Å². The minimum atomic E-state index is -4.68. The molecule has 11 heteroatoms. The van der Waals surface area contributed by atoms with Crippen molar-refractivity contribution in [2.75, 3.05) is 26.8 Å². The van der Waals surface area contributed by atoms with Gasteiger partial charge in [-0.05, 0) is 30.3 Å². The number of amides is 1. The number of aromatic nitrogens is 1. The molecule has 0 unspecified atom stereocenters. The molecule has 29 heavy (non-hydrogen) atoms. The van der Waals surface area contributed by atoms with E-state index in [1.165, 1.54) is 12.0 Å². The minimum Gasteiger partial charge on any atom is -0.383 e. The highest BCUT2D eigenvalue weighted by molar-refractivity contribution is 7.89. The Kier molecular flexibility index (Phi) is 7.71. The van der Waals surface area contributed by atoms with Crippen molar-refractivity contribution in [1.82, 2.24) is 14.6 Å². The van der Waals surface area contributed by atoms with Crippen LogP contribution in [0.1, 0.15) is 11.3 Å². The van der Waals surface area contributed by atoms with Gasteiger partial charge < -0.3 is 9.64 Å². The van der Waals surface area contributed by atoms with Crippen LogP contribution in [0.5, 0.6) is 0 Å². The Morgan fingerprint density at radius 2 is 1.97 bits per heavy atom. The molecule has 0 aliphatic heterocycles. The zero-order valence-electron chi connectivity index (χ0n) is 15.5. The maximum Gasteiger partial charge on any atom is 0.416 e. The smallest absolute Gasteiger partial charge is 0.383 e. The molecule has 0 bridgehead atoms. The second-order valence-electron chi connectivity index (χ2n) is 5.98. The largest absolute Gasteiger partial charge is 0.416 e. The molecule has 0 saturated heterocycles. The van der Waals surface area contributed by atoms with E-state index >= 15 is 0 Å². The van der Waals surface area contributed by atoms with E-state index in [0.717, 1.165) is 18.2 Å². The van der Waals surface area contributed by atoms with Crippen LogP contribution in [0.3, 0.4) is 0 Å². The van der Waals surface area contributed by atoms with Crippen molar-refractivity contribution in [3.8, 4) is 0 Å². The first-order valence-electron chi connectivity index (χ1n) is 8.47. The van der Waals surface area contributed by atoms with E-state index in [1.54, 1.807) is 24.4 Å². The number of alkyl halides is 3. The SMILES string of the molecule is COCCN(Cc1ccccn1)C(=O)CNS(=O)(=O)c1cccc(C(F)(F)F)c1. The number of nitrogens with zero attached hydrogens (tertiary/aromatic N) is 2. The third-order valence-corrected chi connectivity index (χ3v) is 5.28. The zero-order chi connectivity index (χ0) is 21.5. The summed E-state index contributed by atoms with van der Waals surface area (Å²) in [6.07, 6.45) is -3.12. The summed E-state index contributed by atoms with van der Waals surface area (Å²) in [5.41, 5.74) is -0.499. The molecule has 1 aromatic heterocycles. The molecule has 0 spiro atoms. The van der Waals surface area contributed by atoms with Gasteiger partial charge in [-0.15, -0.1) is 0 Å². The summed E-state index contributed by atoms with van der Waals surface area (Å²) < 4.78 is 70.1. The fraction of sp³-hybridized carbons (Fsp3) is 0.333.